The van der Waals surface area contributed by atoms with Crippen LogP contribution in [0.5, 0.6) is 0 Å². The van der Waals surface area contributed by atoms with Crippen molar-refractivity contribution < 1.29 is 0 Å². The van der Waals surface area contributed by atoms with Crippen molar-refractivity contribution in [2.45, 2.75) is 50.2 Å². The van der Waals surface area contributed by atoms with Crippen molar-refractivity contribution in [3.63, 3.8) is 0 Å². The van der Waals surface area contributed by atoms with Crippen LogP contribution in [0.25, 0.3) is 0 Å². The second kappa shape index (κ2) is 4.87. The van der Waals surface area contributed by atoms with E-state index in [4.69, 9.17) is 0 Å². The van der Waals surface area contributed by atoms with E-state index in [9.17, 15) is 0 Å². The first kappa shape index (κ1) is 11.9. The van der Waals surface area contributed by atoms with Crippen molar-refractivity contribution >= 4 is 0 Å². The Hall–Kier alpha value is -0.120. The number of fused-ring (bicyclic) bond motifs is 2. The molecule has 0 radical (unpaired) electrons. The Bertz CT molecular complexity index is 266. The lowest BCUT2D eigenvalue weighted by molar-refractivity contribution is 0.170. The number of hydrogen-bond donors (Lipinski definition) is 1. The molecule has 4 atom stereocenters. The molecule has 3 fully saturated rings. The Labute approximate surface area is 106 Å². The maximum atomic E-state index is 3.77. The van der Waals surface area contributed by atoms with Gasteiger partial charge in [0.05, 0.1) is 0 Å². The van der Waals surface area contributed by atoms with Crippen LogP contribution in [0.2, 0.25) is 0 Å². The van der Waals surface area contributed by atoms with Crippen LogP contribution in [0, 0.1) is 5.92 Å². The van der Waals surface area contributed by atoms with Gasteiger partial charge in [0.25, 0.3) is 0 Å². The van der Waals surface area contributed by atoms with Crippen LogP contribution in [-0.2, 0) is 0 Å². The van der Waals surface area contributed by atoms with Crippen molar-refractivity contribution in [3.8, 4) is 0 Å². The van der Waals surface area contributed by atoms with Gasteiger partial charge in [0.1, 0.15) is 0 Å². The van der Waals surface area contributed by atoms with E-state index in [2.05, 4.69) is 29.2 Å². The Balaban J connectivity index is 1.53. The first-order valence-electron chi connectivity index (χ1n) is 7.37. The van der Waals surface area contributed by atoms with Gasteiger partial charge in [-0.3, -0.25) is 4.90 Å². The minimum absolute atomic E-state index is 0.823. The third-order valence-corrected chi connectivity index (χ3v) is 4.98. The predicted molar refractivity (Wildman–Crippen MR) is 71.2 cm³/mol. The zero-order chi connectivity index (χ0) is 11.8. The number of nitrogens with zero attached hydrogens (tertiary/aromatic N) is 2. The highest BCUT2D eigenvalue weighted by molar-refractivity contribution is 4.99. The lowest BCUT2D eigenvalue weighted by Gasteiger charge is -2.31. The van der Waals surface area contributed by atoms with Gasteiger partial charge in [-0.15, -0.1) is 0 Å². The van der Waals surface area contributed by atoms with Gasteiger partial charge in [0.15, 0.2) is 0 Å². The molecule has 3 aliphatic rings. The van der Waals surface area contributed by atoms with E-state index >= 15 is 0 Å². The smallest absolute Gasteiger partial charge is 0.0223 e. The summed E-state index contributed by atoms with van der Waals surface area (Å²) in [6.07, 6.45) is 7.12. The van der Waals surface area contributed by atoms with Crippen LogP contribution in [0.4, 0.5) is 0 Å². The van der Waals surface area contributed by atoms with Crippen LogP contribution in [0.15, 0.2) is 0 Å². The summed E-state index contributed by atoms with van der Waals surface area (Å²) in [4.78, 5) is 5.12. The number of likely N-dealkylation sites (tertiary alicyclic amines) is 1. The van der Waals surface area contributed by atoms with Crippen LogP contribution < -0.4 is 5.32 Å². The number of hydrogen-bond acceptors (Lipinski definition) is 3. The molecule has 3 nitrogen and oxygen atoms in total. The van der Waals surface area contributed by atoms with E-state index in [1.165, 1.54) is 51.7 Å². The minimum Gasteiger partial charge on any atom is -0.311 e. The van der Waals surface area contributed by atoms with Crippen molar-refractivity contribution in [2.75, 3.05) is 33.7 Å². The lowest BCUT2D eigenvalue weighted by atomic mass is 9.88. The molecule has 3 saturated heterocycles. The maximum absolute atomic E-state index is 3.77. The molecule has 1 N–H and O–H groups in total. The minimum atomic E-state index is 0.823. The summed E-state index contributed by atoms with van der Waals surface area (Å²) in [5.41, 5.74) is 0. The lowest BCUT2D eigenvalue weighted by Crippen LogP contribution is -2.42. The number of rotatable bonds is 4. The van der Waals surface area contributed by atoms with E-state index in [0.29, 0.717) is 0 Å². The fraction of sp³-hybridized carbons (Fsp3) is 1.00. The molecule has 4 unspecified atom stereocenters. The van der Waals surface area contributed by atoms with Gasteiger partial charge in [-0.2, -0.15) is 0 Å². The van der Waals surface area contributed by atoms with Gasteiger partial charge in [-0.25, -0.2) is 0 Å². The predicted octanol–water partition coefficient (Wildman–Crippen LogP) is 1.15. The molecule has 3 heteroatoms. The van der Waals surface area contributed by atoms with E-state index in [0.717, 1.165) is 24.0 Å². The molecule has 98 valence electrons. The van der Waals surface area contributed by atoms with Gasteiger partial charge in [0.2, 0.25) is 0 Å². The van der Waals surface area contributed by atoms with Gasteiger partial charge in [-0.05, 0) is 58.7 Å². The van der Waals surface area contributed by atoms with Crippen molar-refractivity contribution in [1.82, 2.24) is 15.1 Å². The molecule has 3 heterocycles. The van der Waals surface area contributed by atoms with Crippen molar-refractivity contribution in [1.29, 1.82) is 0 Å². The van der Waals surface area contributed by atoms with Crippen LogP contribution >= 0.6 is 0 Å². The van der Waals surface area contributed by atoms with Crippen LogP contribution in [0.3, 0.4) is 0 Å². The summed E-state index contributed by atoms with van der Waals surface area (Å²) in [5.74, 6) is 0.941. The van der Waals surface area contributed by atoms with E-state index in [1.54, 1.807) is 0 Å². The summed E-state index contributed by atoms with van der Waals surface area (Å²) in [6.45, 7) is 3.94. The van der Waals surface area contributed by atoms with Gasteiger partial charge >= 0.3 is 0 Å². The second-order valence-corrected chi connectivity index (χ2v) is 6.60. The van der Waals surface area contributed by atoms with Crippen molar-refractivity contribution in [2.24, 2.45) is 5.92 Å². The average Bonchev–Trinajstić information content (AvgIpc) is 2.95. The molecule has 17 heavy (non-hydrogen) atoms. The quantitative estimate of drug-likeness (QED) is 0.791. The molecule has 3 aliphatic heterocycles. The van der Waals surface area contributed by atoms with Crippen LogP contribution in [0.1, 0.15) is 32.1 Å². The zero-order valence-corrected chi connectivity index (χ0v) is 11.4. The summed E-state index contributed by atoms with van der Waals surface area (Å²) in [6, 6.07) is 2.53. The number of likely N-dealkylation sites (N-methyl/N-ethyl adjacent to an activating group) is 1. The summed E-state index contributed by atoms with van der Waals surface area (Å²) in [7, 11) is 4.41. The Morgan fingerprint density at radius 2 is 2.12 bits per heavy atom. The summed E-state index contributed by atoms with van der Waals surface area (Å²) >= 11 is 0. The van der Waals surface area contributed by atoms with Crippen molar-refractivity contribution in [3.05, 3.63) is 0 Å². The molecule has 0 aromatic carbocycles. The highest BCUT2D eigenvalue weighted by atomic mass is 15.2. The Morgan fingerprint density at radius 1 is 1.24 bits per heavy atom. The largest absolute Gasteiger partial charge is 0.311 e. The second-order valence-electron chi connectivity index (χ2n) is 6.60. The molecule has 3 rings (SSSR count). The Kier molecular flexibility index (Phi) is 3.42. The summed E-state index contributed by atoms with van der Waals surface area (Å²) in [5, 5.41) is 3.77. The molecule has 0 spiro atoms. The highest BCUT2D eigenvalue weighted by Crippen LogP contribution is 2.34. The number of nitrogens with one attached hydrogen (secondary N) is 1. The van der Waals surface area contributed by atoms with E-state index < -0.39 is 0 Å². The average molecular weight is 237 g/mol. The molecule has 0 saturated carbocycles. The van der Waals surface area contributed by atoms with E-state index in [-0.39, 0.29) is 0 Å². The molecule has 0 aromatic heterocycles. The van der Waals surface area contributed by atoms with Crippen LogP contribution in [-0.4, -0.2) is 61.7 Å². The zero-order valence-electron chi connectivity index (χ0n) is 11.4. The van der Waals surface area contributed by atoms with Gasteiger partial charge < -0.3 is 10.2 Å². The molecular formula is C14H27N3. The third kappa shape index (κ3) is 2.51. The SMILES string of the molecule is CN(C)CC1CCCN1CC1CC2CCC1N2. The molecule has 0 amide bonds. The topological polar surface area (TPSA) is 18.5 Å². The van der Waals surface area contributed by atoms with Gasteiger partial charge in [-0.1, -0.05) is 0 Å². The highest BCUT2D eigenvalue weighted by Gasteiger charge is 2.40. The standard InChI is InChI=1S/C14H27N3/c1-16(2)10-13-4-3-7-17(13)9-11-8-12-5-6-14(11)15-12/h11-15H,3-10H2,1-2H3. The monoisotopic (exact) mass is 237 g/mol. The molecular weight excluding hydrogens is 210 g/mol. The van der Waals surface area contributed by atoms with Gasteiger partial charge in [0, 0.05) is 31.2 Å². The summed E-state index contributed by atoms with van der Waals surface area (Å²) < 4.78 is 0. The normalized spacial score (nSPS) is 41.8. The molecule has 0 aromatic rings. The Morgan fingerprint density at radius 3 is 2.76 bits per heavy atom. The van der Waals surface area contributed by atoms with E-state index in [1.807, 2.05) is 0 Å². The first-order chi connectivity index (χ1) is 8.22. The fourth-order valence-corrected chi connectivity index (χ4v) is 4.20. The third-order valence-electron chi connectivity index (χ3n) is 4.98. The first-order valence-corrected chi connectivity index (χ1v) is 7.37. The molecule has 2 bridgehead atoms. The maximum Gasteiger partial charge on any atom is 0.0223 e. The molecule has 0 aliphatic carbocycles. The fourth-order valence-electron chi connectivity index (χ4n) is 4.20.